The molecule has 1 atom stereocenters. The minimum absolute atomic E-state index is 0.214. The van der Waals surface area contributed by atoms with Gasteiger partial charge in [-0.2, -0.15) is 0 Å². The molecule has 21 heavy (non-hydrogen) atoms. The van der Waals surface area contributed by atoms with Gasteiger partial charge < -0.3 is 10.5 Å². The molecule has 0 saturated heterocycles. The van der Waals surface area contributed by atoms with Gasteiger partial charge in [-0.1, -0.05) is 42.5 Å². The van der Waals surface area contributed by atoms with Gasteiger partial charge >= 0.3 is 0 Å². The van der Waals surface area contributed by atoms with Crippen LogP contribution in [0.3, 0.4) is 0 Å². The van der Waals surface area contributed by atoms with Gasteiger partial charge in [0.15, 0.2) is 0 Å². The average molecular weight is 286 g/mol. The van der Waals surface area contributed by atoms with Gasteiger partial charge in [0.25, 0.3) is 0 Å². The van der Waals surface area contributed by atoms with E-state index in [1.54, 1.807) is 7.11 Å². The maximum atomic E-state index is 6.12. The van der Waals surface area contributed by atoms with Gasteiger partial charge in [0.2, 0.25) is 0 Å². The Bertz CT molecular complexity index is 563. The van der Waals surface area contributed by atoms with Crippen molar-refractivity contribution in [1.82, 2.24) is 4.90 Å². The quantitative estimate of drug-likeness (QED) is 0.849. The van der Waals surface area contributed by atoms with E-state index in [0.717, 1.165) is 13.2 Å². The minimum atomic E-state index is 0.214. The van der Waals surface area contributed by atoms with Crippen LogP contribution in [0.4, 0.5) is 0 Å². The molecule has 3 nitrogen and oxygen atoms in total. The van der Waals surface area contributed by atoms with Crippen molar-refractivity contribution in [2.75, 3.05) is 26.8 Å². The lowest BCUT2D eigenvalue weighted by Gasteiger charge is -2.35. The summed E-state index contributed by atoms with van der Waals surface area (Å²) >= 11 is 0. The number of ether oxygens (including phenoxy) is 1. The molecule has 2 aromatic carbocycles. The molecule has 2 rings (SSSR count). The van der Waals surface area contributed by atoms with Crippen LogP contribution >= 0.6 is 0 Å². The average Bonchev–Trinajstić information content (AvgIpc) is 2.51. The predicted octanol–water partition coefficient (Wildman–Crippen LogP) is 3.20. The van der Waals surface area contributed by atoms with E-state index < -0.39 is 0 Å². The van der Waals surface area contributed by atoms with E-state index in [0.29, 0.717) is 12.6 Å². The molecule has 0 aliphatic carbocycles. The van der Waals surface area contributed by atoms with Gasteiger partial charge in [0.1, 0.15) is 0 Å². The molecule has 0 bridgehead atoms. The van der Waals surface area contributed by atoms with Gasteiger partial charge in [-0.05, 0) is 30.2 Å². The number of rotatable bonds is 7. The summed E-state index contributed by atoms with van der Waals surface area (Å²) < 4.78 is 5.26. The lowest BCUT2D eigenvalue weighted by Crippen LogP contribution is -2.40. The molecule has 0 saturated carbocycles. The molecule has 0 aromatic heterocycles. The molecule has 0 fully saturated rings. The van der Waals surface area contributed by atoms with Crippen LogP contribution in [0.5, 0.6) is 0 Å². The zero-order chi connectivity index (χ0) is 15.2. The van der Waals surface area contributed by atoms with Crippen molar-refractivity contribution in [1.29, 1.82) is 0 Å². The SMILES string of the molecule is COCCN(C(C)C)C(CN)c1cccc2ccccc12. The first-order chi connectivity index (χ1) is 10.2. The summed E-state index contributed by atoms with van der Waals surface area (Å²) in [6.07, 6.45) is 0. The molecule has 0 aliphatic rings. The molecule has 114 valence electrons. The zero-order valence-electron chi connectivity index (χ0n) is 13.3. The van der Waals surface area contributed by atoms with E-state index in [1.807, 2.05) is 0 Å². The van der Waals surface area contributed by atoms with E-state index in [2.05, 4.69) is 61.2 Å². The highest BCUT2D eigenvalue weighted by Gasteiger charge is 2.22. The summed E-state index contributed by atoms with van der Waals surface area (Å²) in [7, 11) is 1.74. The maximum absolute atomic E-state index is 6.12. The van der Waals surface area contributed by atoms with Crippen molar-refractivity contribution in [3.63, 3.8) is 0 Å². The van der Waals surface area contributed by atoms with Gasteiger partial charge in [0, 0.05) is 32.3 Å². The molecular weight excluding hydrogens is 260 g/mol. The second kappa shape index (κ2) is 7.55. The van der Waals surface area contributed by atoms with Crippen LogP contribution < -0.4 is 5.73 Å². The van der Waals surface area contributed by atoms with Crippen molar-refractivity contribution in [3.05, 3.63) is 48.0 Å². The third-order valence-corrected chi connectivity index (χ3v) is 4.02. The molecular formula is C18H26N2O. The highest BCUT2D eigenvalue weighted by atomic mass is 16.5. The van der Waals surface area contributed by atoms with E-state index in [-0.39, 0.29) is 6.04 Å². The molecule has 2 N–H and O–H groups in total. The standard InChI is InChI=1S/C18H26N2O/c1-14(2)20(11-12-21-3)18(13-19)17-10-6-8-15-7-4-5-9-16(15)17/h4-10,14,18H,11-13,19H2,1-3H3. The molecule has 0 amide bonds. The summed E-state index contributed by atoms with van der Waals surface area (Å²) in [5.41, 5.74) is 7.43. The highest BCUT2D eigenvalue weighted by Crippen LogP contribution is 2.28. The Labute approximate surface area is 127 Å². The molecule has 0 radical (unpaired) electrons. The monoisotopic (exact) mass is 286 g/mol. The largest absolute Gasteiger partial charge is 0.383 e. The van der Waals surface area contributed by atoms with Crippen LogP contribution in [-0.4, -0.2) is 37.7 Å². The predicted molar refractivity (Wildman–Crippen MR) is 89.5 cm³/mol. The Hall–Kier alpha value is -1.42. The normalized spacial score (nSPS) is 13.2. The van der Waals surface area contributed by atoms with Crippen LogP contribution in [0.2, 0.25) is 0 Å². The van der Waals surface area contributed by atoms with E-state index in [9.17, 15) is 0 Å². The molecule has 3 heteroatoms. The molecule has 0 spiro atoms. The first-order valence-electron chi connectivity index (χ1n) is 7.61. The summed E-state index contributed by atoms with van der Waals surface area (Å²) in [6, 6.07) is 15.6. The maximum Gasteiger partial charge on any atom is 0.0590 e. The second-order valence-corrected chi connectivity index (χ2v) is 5.64. The fourth-order valence-electron chi connectivity index (χ4n) is 2.95. The molecule has 1 unspecified atom stereocenters. The Morgan fingerprint density at radius 3 is 2.48 bits per heavy atom. The first kappa shape index (κ1) is 16.0. The Kier molecular flexibility index (Phi) is 5.74. The van der Waals surface area contributed by atoms with Crippen LogP contribution in [0.1, 0.15) is 25.5 Å². The number of nitrogens with two attached hydrogens (primary N) is 1. The Morgan fingerprint density at radius 2 is 1.81 bits per heavy atom. The van der Waals surface area contributed by atoms with Crippen LogP contribution in [0, 0.1) is 0 Å². The van der Waals surface area contributed by atoms with Crippen molar-refractivity contribution >= 4 is 10.8 Å². The smallest absolute Gasteiger partial charge is 0.0590 e. The first-order valence-corrected chi connectivity index (χ1v) is 7.61. The van der Waals surface area contributed by atoms with E-state index in [1.165, 1.54) is 16.3 Å². The topological polar surface area (TPSA) is 38.5 Å². The van der Waals surface area contributed by atoms with Gasteiger partial charge in [-0.15, -0.1) is 0 Å². The molecule has 2 aromatic rings. The van der Waals surface area contributed by atoms with Crippen molar-refractivity contribution in [2.24, 2.45) is 5.73 Å². The number of fused-ring (bicyclic) bond motifs is 1. The zero-order valence-corrected chi connectivity index (χ0v) is 13.3. The number of hydrogen-bond acceptors (Lipinski definition) is 3. The lowest BCUT2D eigenvalue weighted by molar-refractivity contribution is 0.0984. The number of benzene rings is 2. The number of methoxy groups -OCH3 is 1. The van der Waals surface area contributed by atoms with Gasteiger partial charge in [-0.3, -0.25) is 4.90 Å². The lowest BCUT2D eigenvalue weighted by atomic mass is 9.97. The van der Waals surface area contributed by atoms with E-state index in [4.69, 9.17) is 10.5 Å². The number of nitrogens with zero attached hydrogens (tertiary/aromatic N) is 1. The molecule has 0 aliphatic heterocycles. The second-order valence-electron chi connectivity index (χ2n) is 5.64. The minimum Gasteiger partial charge on any atom is -0.383 e. The summed E-state index contributed by atoms with van der Waals surface area (Å²) in [6.45, 7) is 6.64. The fraction of sp³-hybridized carbons (Fsp3) is 0.444. The van der Waals surface area contributed by atoms with Gasteiger partial charge in [0.05, 0.1) is 6.61 Å². The van der Waals surface area contributed by atoms with Crippen molar-refractivity contribution in [2.45, 2.75) is 25.9 Å². The summed E-state index contributed by atoms with van der Waals surface area (Å²) in [5.74, 6) is 0. The van der Waals surface area contributed by atoms with Crippen molar-refractivity contribution in [3.8, 4) is 0 Å². The fourth-order valence-corrected chi connectivity index (χ4v) is 2.95. The van der Waals surface area contributed by atoms with Crippen LogP contribution in [0.25, 0.3) is 10.8 Å². The van der Waals surface area contributed by atoms with Crippen LogP contribution in [-0.2, 0) is 4.74 Å². The van der Waals surface area contributed by atoms with Crippen LogP contribution in [0.15, 0.2) is 42.5 Å². The third kappa shape index (κ3) is 3.62. The Balaban J connectivity index is 2.42. The van der Waals surface area contributed by atoms with E-state index >= 15 is 0 Å². The molecule has 0 heterocycles. The Morgan fingerprint density at radius 1 is 1.10 bits per heavy atom. The summed E-state index contributed by atoms with van der Waals surface area (Å²) in [5, 5.41) is 2.56. The summed E-state index contributed by atoms with van der Waals surface area (Å²) in [4.78, 5) is 2.42. The number of hydrogen-bond donors (Lipinski definition) is 1. The van der Waals surface area contributed by atoms with Gasteiger partial charge in [-0.25, -0.2) is 0 Å². The third-order valence-electron chi connectivity index (χ3n) is 4.02. The van der Waals surface area contributed by atoms with Crippen molar-refractivity contribution < 1.29 is 4.74 Å². The highest BCUT2D eigenvalue weighted by molar-refractivity contribution is 5.86.